The predicted octanol–water partition coefficient (Wildman–Crippen LogP) is 3.18. The minimum Gasteiger partial charge on any atom is -0.312 e. The van der Waals surface area contributed by atoms with Crippen LogP contribution in [0.1, 0.15) is 5.56 Å². The molecule has 3 aromatic rings. The molecule has 1 N–H and O–H groups in total. The highest BCUT2D eigenvalue weighted by atomic mass is 35.5. The maximum absolute atomic E-state index is 3.95. The predicted molar refractivity (Wildman–Crippen MR) is 100 cm³/mol. The number of tetrazole rings is 1. The second-order valence-corrected chi connectivity index (χ2v) is 6.24. The first-order valence-corrected chi connectivity index (χ1v) is 8.52. The fourth-order valence-electron chi connectivity index (χ4n) is 2.24. The molecule has 0 amide bonds. The molecule has 0 atom stereocenters. The van der Waals surface area contributed by atoms with Crippen LogP contribution in [0.15, 0.2) is 59.8 Å². The third kappa shape index (κ3) is 5.06. The Labute approximate surface area is 152 Å². The minimum atomic E-state index is 0. The monoisotopic (exact) mass is 361 g/mol. The van der Waals surface area contributed by atoms with Crippen LogP contribution in [0.4, 0.5) is 0 Å². The molecule has 126 valence electrons. The summed E-state index contributed by atoms with van der Waals surface area (Å²) in [6, 6.07) is 19.1. The van der Waals surface area contributed by atoms with Crippen molar-refractivity contribution in [2.24, 2.45) is 7.05 Å². The Morgan fingerprint density at radius 2 is 1.71 bits per heavy atom. The van der Waals surface area contributed by atoms with Crippen LogP contribution in [0.3, 0.4) is 0 Å². The van der Waals surface area contributed by atoms with Crippen molar-refractivity contribution in [3.63, 3.8) is 0 Å². The van der Waals surface area contributed by atoms with E-state index in [1.807, 2.05) is 13.1 Å². The van der Waals surface area contributed by atoms with E-state index >= 15 is 0 Å². The molecule has 3 rings (SSSR count). The summed E-state index contributed by atoms with van der Waals surface area (Å²) in [6.07, 6.45) is 0. The average Bonchev–Trinajstić information content (AvgIpc) is 3.01. The topological polar surface area (TPSA) is 55.6 Å². The van der Waals surface area contributed by atoms with E-state index in [0.29, 0.717) is 0 Å². The summed E-state index contributed by atoms with van der Waals surface area (Å²) < 4.78 is 1.69. The van der Waals surface area contributed by atoms with Crippen LogP contribution in [0.25, 0.3) is 11.1 Å². The smallest absolute Gasteiger partial charge is 0.209 e. The van der Waals surface area contributed by atoms with Gasteiger partial charge in [-0.3, -0.25) is 0 Å². The van der Waals surface area contributed by atoms with Crippen LogP contribution in [0.5, 0.6) is 0 Å². The Morgan fingerprint density at radius 3 is 2.38 bits per heavy atom. The lowest BCUT2D eigenvalue weighted by Crippen LogP contribution is -2.16. The number of thioether (sulfide) groups is 1. The fraction of sp³-hybridized carbons (Fsp3) is 0.235. The van der Waals surface area contributed by atoms with Crippen molar-refractivity contribution in [3.05, 3.63) is 60.2 Å². The van der Waals surface area contributed by atoms with Gasteiger partial charge in [-0.1, -0.05) is 66.4 Å². The third-order valence-corrected chi connectivity index (χ3v) is 4.49. The Morgan fingerprint density at radius 1 is 1.00 bits per heavy atom. The first kappa shape index (κ1) is 18.4. The summed E-state index contributed by atoms with van der Waals surface area (Å²) in [5.74, 6) is 0.941. The standard InChI is InChI=1S/C17H19N5S.ClH/c1-22-17(19-20-21-22)23-12-11-18-13-14-7-9-16(10-8-14)15-5-3-2-4-6-15;/h2-10,18H,11-13H2,1H3;1H. The molecule has 1 aromatic heterocycles. The average molecular weight is 362 g/mol. The molecule has 0 bridgehead atoms. The second-order valence-electron chi connectivity index (χ2n) is 5.17. The van der Waals surface area contributed by atoms with Gasteiger partial charge in [-0.15, -0.1) is 17.5 Å². The van der Waals surface area contributed by atoms with Crippen LogP contribution in [0, 0.1) is 0 Å². The molecule has 0 unspecified atom stereocenters. The molecule has 0 fully saturated rings. The number of nitrogens with zero attached hydrogens (tertiary/aromatic N) is 4. The number of halogens is 1. The van der Waals surface area contributed by atoms with E-state index in [-0.39, 0.29) is 12.4 Å². The van der Waals surface area contributed by atoms with Gasteiger partial charge in [-0.05, 0) is 27.1 Å². The molecular formula is C17H20ClN5S. The molecule has 0 aliphatic carbocycles. The molecule has 0 saturated carbocycles. The maximum atomic E-state index is 3.95. The van der Waals surface area contributed by atoms with Crippen LogP contribution in [-0.2, 0) is 13.6 Å². The SMILES string of the molecule is Cl.Cn1nnnc1SCCNCc1ccc(-c2ccccc2)cc1. The molecule has 5 nitrogen and oxygen atoms in total. The van der Waals surface area contributed by atoms with Gasteiger partial charge < -0.3 is 5.32 Å². The molecule has 0 aliphatic heterocycles. The van der Waals surface area contributed by atoms with Gasteiger partial charge in [0, 0.05) is 25.9 Å². The lowest BCUT2D eigenvalue weighted by Gasteiger charge is -2.06. The Hall–Kier alpha value is -1.89. The van der Waals surface area contributed by atoms with Crippen LogP contribution < -0.4 is 5.32 Å². The van der Waals surface area contributed by atoms with Crippen molar-refractivity contribution in [3.8, 4) is 11.1 Å². The van der Waals surface area contributed by atoms with Gasteiger partial charge in [-0.2, -0.15) is 0 Å². The number of aryl methyl sites for hydroxylation is 1. The second kappa shape index (κ2) is 9.42. The summed E-state index contributed by atoms with van der Waals surface area (Å²) >= 11 is 1.65. The van der Waals surface area contributed by atoms with Gasteiger partial charge in [-0.25, -0.2) is 4.68 Å². The van der Waals surface area contributed by atoms with Gasteiger partial charge >= 0.3 is 0 Å². The zero-order valence-corrected chi connectivity index (χ0v) is 15.1. The molecule has 7 heteroatoms. The highest BCUT2D eigenvalue weighted by molar-refractivity contribution is 7.99. The highest BCUT2D eigenvalue weighted by Gasteiger charge is 2.02. The van der Waals surface area contributed by atoms with Gasteiger partial charge in [0.2, 0.25) is 5.16 Å². The Balaban J connectivity index is 0.00000208. The van der Waals surface area contributed by atoms with E-state index in [1.165, 1.54) is 16.7 Å². The van der Waals surface area contributed by atoms with E-state index in [9.17, 15) is 0 Å². The number of rotatable bonds is 7. The zero-order chi connectivity index (χ0) is 15.9. The normalized spacial score (nSPS) is 10.4. The van der Waals surface area contributed by atoms with Crippen molar-refractivity contribution in [1.82, 2.24) is 25.5 Å². The van der Waals surface area contributed by atoms with Crippen LogP contribution >= 0.6 is 24.2 Å². The van der Waals surface area contributed by atoms with Crippen molar-refractivity contribution in [2.75, 3.05) is 12.3 Å². The quantitative estimate of drug-likeness (QED) is 0.517. The van der Waals surface area contributed by atoms with E-state index in [0.717, 1.165) is 24.0 Å². The number of hydrogen-bond donors (Lipinski definition) is 1. The third-order valence-electron chi connectivity index (χ3n) is 3.48. The fourth-order valence-corrected chi connectivity index (χ4v) is 2.98. The molecular weight excluding hydrogens is 342 g/mol. The van der Waals surface area contributed by atoms with Crippen molar-refractivity contribution >= 4 is 24.2 Å². The maximum Gasteiger partial charge on any atom is 0.209 e. The van der Waals surface area contributed by atoms with Crippen LogP contribution in [-0.4, -0.2) is 32.5 Å². The van der Waals surface area contributed by atoms with Gasteiger partial charge in [0.1, 0.15) is 0 Å². The first-order valence-electron chi connectivity index (χ1n) is 7.53. The number of aromatic nitrogens is 4. The van der Waals surface area contributed by atoms with Crippen molar-refractivity contribution < 1.29 is 0 Å². The first-order chi connectivity index (χ1) is 11.3. The Bertz CT molecular complexity index is 730. The van der Waals surface area contributed by atoms with Crippen molar-refractivity contribution in [2.45, 2.75) is 11.7 Å². The van der Waals surface area contributed by atoms with E-state index in [4.69, 9.17) is 0 Å². The summed E-state index contributed by atoms with van der Waals surface area (Å²) in [5, 5.41) is 15.7. The molecule has 0 spiro atoms. The number of benzene rings is 2. The van der Waals surface area contributed by atoms with Gasteiger partial charge in [0.25, 0.3) is 0 Å². The van der Waals surface area contributed by atoms with E-state index < -0.39 is 0 Å². The van der Waals surface area contributed by atoms with Crippen molar-refractivity contribution in [1.29, 1.82) is 0 Å². The molecule has 2 aromatic carbocycles. The summed E-state index contributed by atoms with van der Waals surface area (Å²) in [7, 11) is 1.85. The lowest BCUT2D eigenvalue weighted by molar-refractivity contribution is 0.663. The Kier molecular flexibility index (Phi) is 7.24. The lowest BCUT2D eigenvalue weighted by atomic mass is 10.0. The van der Waals surface area contributed by atoms with E-state index in [2.05, 4.69) is 69.4 Å². The number of nitrogens with one attached hydrogen (secondary N) is 1. The zero-order valence-electron chi connectivity index (χ0n) is 13.4. The molecule has 24 heavy (non-hydrogen) atoms. The molecule has 0 aliphatic rings. The minimum absolute atomic E-state index is 0. The van der Waals surface area contributed by atoms with E-state index in [1.54, 1.807) is 16.4 Å². The van der Waals surface area contributed by atoms with Gasteiger partial charge in [0.15, 0.2) is 0 Å². The van der Waals surface area contributed by atoms with Gasteiger partial charge in [0.05, 0.1) is 0 Å². The molecule has 0 saturated heterocycles. The molecule has 0 radical (unpaired) electrons. The molecule has 1 heterocycles. The van der Waals surface area contributed by atoms with Crippen LogP contribution in [0.2, 0.25) is 0 Å². The number of hydrogen-bond acceptors (Lipinski definition) is 5. The summed E-state index contributed by atoms with van der Waals surface area (Å²) in [4.78, 5) is 0. The highest BCUT2D eigenvalue weighted by Crippen LogP contribution is 2.19. The largest absolute Gasteiger partial charge is 0.312 e. The summed E-state index contributed by atoms with van der Waals surface area (Å²) in [5.41, 5.74) is 3.79. The summed E-state index contributed by atoms with van der Waals surface area (Å²) in [6.45, 7) is 1.78.